The van der Waals surface area contributed by atoms with Crippen LogP contribution in [0.4, 0.5) is 5.95 Å². The van der Waals surface area contributed by atoms with Crippen LogP contribution in [0, 0.1) is 6.92 Å². The largest absolute Gasteiger partial charge is 0.356 e. The smallest absolute Gasteiger partial charge is 0.223 e. The molecule has 4 heterocycles. The maximum Gasteiger partial charge on any atom is 0.223 e. The van der Waals surface area contributed by atoms with Gasteiger partial charge in [-0.05, 0) is 25.4 Å². The van der Waals surface area contributed by atoms with Crippen molar-refractivity contribution in [2.24, 2.45) is 0 Å². The maximum atomic E-state index is 5.44. The molecule has 27 heavy (non-hydrogen) atoms. The van der Waals surface area contributed by atoms with Gasteiger partial charge in [0.2, 0.25) is 5.95 Å². The Hall–Kier alpha value is -2.29. The molecule has 0 radical (unpaired) electrons. The van der Waals surface area contributed by atoms with Crippen LogP contribution in [0.2, 0.25) is 0 Å². The van der Waals surface area contributed by atoms with E-state index in [4.69, 9.17) is 9.51 Å². The molecule has 0 bridgehead atoms. The van der Waals surface area contributed by atoms with Crippen LogP contribution in [0.25, 0.3) is 21.9 Å². The zero-order valence-electron chi connectivity index (χ0n) is 15.7. The number of aryl methyl sites for hydroxylation is 1. The van der Waals surface area contributed by atoms with Gasteiger partial charge in [-0.25, -0.2) is 9.97 Å². The lowest BCUT2D eigenvalue weighted by Gasteiger charge is -2.32. The van der Waals surface area contributed by atoms with Gasteiger partial charge in [-0.3, -0.25) is 4.90 Å². The Balaban J connectivity index is 1.48. The fourth-order valence-corrected chi connectivity index (χ4v) is 3.86. The van der Waals surface area contributed by atoms with Gasteiger partial charge in [-0.2, -0.15) is 0 Å². The van der Waals surface area contributed by atoms with Crippen LogP contribution in [0.5, 0.6) is 0 Å². The summed E-state index contributed by atoms with van der Waals surface area (Å²) < 4.78 is 5.44. The summed E-state index contributed by atoms with van der Waals surface area (Å²) in [6, 6.07) is 6.00. The summed E-state index contributed by atoms with van der Waals surface area (Å²) >= 11 is 1.65. The summed E-state index contributed by atoms with van der Waals surface area (Å²) in [5, 5.41) is 9.41. The fourth-order valence-electron chi connectivity index (χ4n) is 3.14. The van der Waals surface area contributed by atoms with Gasteiger partial charge in [0, 0.05) is 51.5 Å². The number of aromatic nitrogens is 3. The zero-order valence-corrected chi connectivity index (χ0v) is 16.5. The number of rotatable bonds is 6. The van der Waals surface area contributed by atoms with Crippen molar-refractivity contribution in [3.8, 4) is 21.9 Å². The molecule has 0 aliphatic carbocycles. The molecule has 3 aromatic heterocycles. The van der Waals surface area contributed by atoms with Crippen molar-refractivity contribution in [1.82, 2.24) is 24.9 Å². The van der Waals surface area contributed by atoms with Crippen molar-refractivity contribution >= 4 is 17.3 Å². The highest BCUT2D eigenvalue weighted by molar-refractivity contribution is 7.13. The van der Waals surface area contributed by atoms with Gasteiger partial charge in [0.15, 0.2) is 5.76 Å². The molecule has 0 amide bonds. The number of hydrogen-bond donors (Lipinski definition) is 1. The molecule has 0 aromatic carbocycles. The van der Waals surface area contributed by atoms with Crippen LogP contribution < -0.4 is 5.32 Å². The molecule has 3 aromatic rings. The Kier molecular flexibility index (Phi) is 5.47. The number of piperazine rings is 1. The minimum Gasteiger partial charge on any atom is -0.356 e. The lowest BCUT2D eigenvalue weighted by molar-refractivity contribution is 0.158. The van der Waals surface area contributed by atoms with Gasteiger partial charge in [-0.1, -0.05) is 11.2 Å². The number of anilines is 1. The molecule has 0 saturated carbocycles. The van der Waals surface area contributed by atoms with E-state index in [1.807, 2.05) is 30.6 Å². The number of nitrogens with one attached hydrogen (secondary N) is 1. The van der Waals surface area contributed by atoms with Crippen LogP contribution in [0.15, 0.2) is 34.3 Å². The number of nitrogens with zero attached hydrogens (tertiary/aromatic N) is 5. The van der Waals surface area contributed by atoms with E-state index in [-0.39, 0.29) is 0 Å². The minimum atomic E-state index is 0.646. The maximum absolute atomic E-state index is 5.44. The van der Waals surface area contributed by atoms with Crippen molar-refractivity contribution in [1.29, 1.82) is 0 Å². The first-order valence-corrected chi connectivity index (χ1v) is 10.1. The molecule has 142 valence electrons. The third-order valence-corrected chi connectivity index (χ3v) is 5.62. The monoisotopic (exact) mass is 384 g/mol. The molecule has 0 atom stereocenters. The van der Waals surface area contributed by atoms with E-state index < -0.39 is 0 Å². The molecule has 1 aliphatic rings. The number of hydrogen-bond acceptors (Lipinski definition) is 8. The molecule has 0 unspecified atom stereocenters. The first kappa shape index (κ1) is 18.1. The third-order valence-electron chi connectivity index (χ3n) is 4.74. The van der Waals surface area contributed by atoms with E-state index in [9.17, 15) is 0 Å². The predicted octanol–water partition coefficient (Wildman–Crippen LogP) is 2.83. The zero-order chi connectivity index (χ0) is 18.6. The van der Waals surface area contributed by atoms with E-state index >= 15 is 0 Å². The average molecular weight is 385 g/mol. The topological polar surface area (TPSA) is 70.3 Å². The Morgan fingerprint density at radius 3 is 2.81 bits per heavy atom. The van der Waals surface area contributed by atoms with Crippen LogP contribution >= 0.6 is 11.3 Å². The Bertz CT molecular complexity index is 870. The number of likely N-dealkylation sites (N-methyl/N-ethyl adjacent to an activating group) is 1. The highest BCUT2D eigenvalue weighted by Crippen LogP contribution is 2.33. The average Bonchev–Trinajstić information content (AvgIpc) is 3.35. The van der Waals surface area contributed by atoms with Crippen molar-refractivity contribution in [2.75, 3.05) is 51.6 Å². The SMILES string of the molecule is Cc1cc(-c2cnc(NCCN3CCN(C)CC3)nc2-c2cccs2)on1. The normalized spacial score (nSPS) is 15.9. The van der Waals surface area contributed by atoms with Gasteiger partial charge in [0.1, 0.15) is 0 Å². The van der Waals surface area contributed by atoms with Crippen molar-refractivity contribution in [3.05, 3.63) is 35.5 Å². The van der Waals surface area contributed by atoms with Gasteiger partial charge in [0.25, 0.3) is 0 Å². The standard InChI is InChI=1S/C19H24N6OS/c1-14-12-16(26-23-14)15-13-21-19(22-18(15)17-4-3-11-27-17)20-5-6-25-9-7-24(2)8-10-25/h3-4,11-13H,5-10H2,1-2H3,(H,20,21,22). The summed E-state index contributed by atoms with van der Waals surface area (Å²) in [5.41, 5.74) is 2.58. The first-order chi connectivity index (χ1) is 13.2. The Morgan fingerprint density at radius 2 is 2.11 bits per heavy atom. The van der Waals surface area contributed by atoms with Gasteiger partial charge < -0.3 is 14.7 Å². The molecule has 8 heteroatoms. The van der Waals surface area contributed by atoms with Crippen molar-refractivity contribution in [3.63, 3.8) is 0 Å². The van der Waals surface area contributed by atoms with Crippen molar-refractivity contribution in [2.45, 2.75) is 6.92 Å². The molecule has 7 nitrogen and oxygen atoms in total. The molecule has 1 N–H and O–H groups in total. The van der Waals surface area contributed by atoms with Crippen LogP contribution in [0.1, 0.15) is 5.69 Å². The molecular formula is C19H24N6OS. The van der Waals surface area contributed by atoms with Gasteiger partial charge >= 0.3 is 0 Å². The van der Waals surface area contributed by atoms with Gasteiger partial charge in [0.05, 0.1) is 21.8 Å². The van der Waals surface area contributed by atoms with Crippen LogP contribution in [0.3, 0.4) is 0 Å². The number of thiophene rings is 1. The quantitative estimate of drug-likeness (QED) is 0.701. The van der Waals surface area contributed by atoms with E-state index in [2.05, 4.69) is 38.4 Å². The van der Waals surface area contributed by atoms with E-state index in [0.29, 0.717) is 11.7 Å². The minimum absolute atomic E-state index is 0.646. The summed E-state index contributed by atoms with van der Waals surface area (Å²) in [5.74, 6) is 1.34. The van der Waals surface area contributed by atoms with E-state index in [1.165, 1.54) is 0 Å². The highest BCUT2D eigenvalue weighted by atomic mass is 32.1. The van der Waals surface area contributed by atoms with E-state index in [0.717, 1.165) is 61.1 Å². The lowest BCUT2D eigenvalue weighted by atomic mass is 10.1. The molecule has 0 spiro atoms. The second kappa shape index (κ2) is 8.16. The molecule has 1 saturated heterocycles. The third kappa shape index (κ3) is 4.35. The van der Waals surface area contributed by atoms with Crippen LogP contribution in [-0.4, -0.2) is 71.2 Å². The van der Waals surface area contributed by atoms with Gasteiger partial charge in [-0.15, -0.1) is 11.3 Å². The second-order valence-corrected chi connectivity index (χ2v) is 7.79. The molecule has 1 aliphatic heterocycles. The fraction of sp³-hybridized carbons (Fsp3) is 0.421. The summed E-state index contributed by atoms with van der Waals surface area (Å²) in [6.07, 6.45) is 1.82. The Labute approximate surface area is 163 Å². The second-order valence-electron chi connectivity index (χ2n) is 6.84. The van der Waals surface area contributed by atoms with Crippen LogP contribution in [-0.2, 0) is 0 Å². The van der Waals surface area contributed by atoms with E-state index in [1.54, 1.807) is 11.3 Å². The highest BCUT2D eigenvalue weighted by Gasteiger charge is 2.17. The lowest BCUT2D eigenvalue weighted by Crippen LogP contribution is -2.45. The molecule has 1 fully saturated rings. The summed E-state index contributed by atoms with van der Waals surface area (Å²) in [4.78, 5) is 15.2. The van der Waals surface area contributed by atoms with Crippen molar-refractivity contribution < 1.29 is 4.52 Å². The predicted molar refractivity (Wildman–Crippen MR) is 108 cm³/mol. The molecular weight excluding hydrogens is 360 g/mol. The summed E-state index contributed by atoms with van der Waals surface area (Å²) in [6.45, 7) is 8.22. The first-order valence-electron chi connectivity index (χ1n) is 9.18. The summed E-state index contributed by atoms with van der Waals surface area (Å²) in [7, 11) is 2.17. The Morgan fingerprint density at radius 1 is 1.26 bits per heavy atom. The molecule has 4 rings (SSSR count).